The van der Waals surface area contributed by atoms with Crippen LogP contribution in [0.5, 0.6) is 0 Å². The van der Waals surface area contributed by atoms with Gasteiger partial charge in [0.25, 0.3) is 5.95 Å². The Bertz CT molecular complexity index is 621. The quantitative estimate of drug-likeness (QED) is 0.812. The SMILES string of the molecule is Cl.NC1C(=O)N(c2nnnn2Cc2ccccc2)C1CF. The molecular formula is C12H14ClFN6O. The van der Waals surface area contributed by atoms with Crippen LogP contribution in [0.1, 0.15) is 5.56 Å². The molecule has 1 fully saturated rings. The topological polar surface area (TPSA) is 89.9 Å². The first-order valence-electron chi connectivity index (χ1n) is 6.17. The smallest absolute Gasteiger partial charge is 0.253 e. The molecule has 2 unspecified atom stereocenters. The molecule has 2 heterocycles. The Balaban J connectivity index is 0.00000161. The summed E-state index contributed by atoms with van der Waals surface area (Å²) in [5.74, 6) is -0.139. The number of nitrogens with zero attached hydrogens (tertiary/aromatic N) is 5. The van der Waals surface area contributed by atoms with Crippen LogP contribution in [0.2, 0.25) is 0 Å². The maximum absolute atomic E-state index is 12.9. The van der Waals surface area contributed by atoms with Gasteiger partial charge in [-0.3, -0.25) is 9.69 Å². The Morgan fingerprint density at radius 3 is 2.67 bits per heavy atom. The summed E-state index contributed by atoms with van der Waals surface area (Å²) in [5.41, 5.74) is 6.55. The molecule has 1 aromatic carbocycles. The van der Waals surface area contributed by atoms with Gasteiger partial charge in [-0.05, 0) is 16.0 Å². The van der Waals surface area contributed by atoms with E-state index in [4.69, 9.17) is 5.73 Å². The Labute approximate surface area is 126 Å². The minimum Gasteiger partial charge on any atom is -0.318 e. The summed E-state index contributed by atoms with van der Waals surface area (Å²) >= 11 is 0. The fourth-order valence-electron chi connectivity index (χ4n) is 2.21. The number of hydrogen-bond acceptors (Lipinski definition) is 5. The minimum atomic E-state index is -0.818. The van der Waals surface area contributed by atoms with Crippen LogP contribution in [0, 0.1) is 0 Å². The number of hydrogen-bond donors (Lipinski definition) is 1. The van der Waals surface area contributed by atoms with Crippen molar-refractivity contribution in [1.82, 2.24) is 20.2 Å². The maximum atomic E-state index is 12.9. The van der Waals surface area contributed by atoms with Gasteiger partial charge in [0.2, 0.25) is 5.91 Å². The zero-order valence-electron chi connectivity index (χ0n) is 11.0. The minimum absolute atomic E-state index is 0. The molecule has 2 atom stereocenters. The summed E-state index contributed by atoms with van der Waals surface area (Å²) in [4.78, 5) is 13.0. The van der Waals surface area contributed by atoms with E-state index >= 15 is 0 Å². The van der Waals surface area contributed by atoms with Gasteiger partial charge in [-0.15, -0.1) is 12.4 Å². The van der Waals surface area contributed by atoms with E-state index in [1.807, 2.05) is 30.3 Å². The van der Waals surface area contributed by atoms with Crippen molar-refractivity contribution in [3.05, 3.63) is 35.9 Å². The molecule has 7 nitrogen and oxygen atoms in total. The van der Waals surface area contributed by atoms with E-state index < -0.39 is 18.8 Å². The standard InChI is InChI=1S/C12H13FN6O.ClH/c13-6-9-10(14)11(20)19(9)12-15-16-17-18(12)7-8-4-2-1-3-5-8;/h1-5,9-10H,6-7,14H2;1H. The monoisotopic (exact) mass is 312 g/mol. The first-order chi connectivity index (χ1) is 9.72. The van der Waals surface area contributed by atoms with Crippen LogP contribution in [0.25, 0.3) is 0 Å². The van der Waals surface area contributed by atoms with Crippen molar-refractivity contribution in [2.24, 2.45) is 5.73 Å². The van der Waals surface area contributed by atoms with Gasteiger partial charge in [-0.1, -0.05) is 35.4 Å². The number of halogens is 2. The van der Waals surface area contributed by atoms with Crippen molar-refractivity contribution in [2.45, 2.75) is 18.6 Å². The lowest BCUT2D eigenvalue weighted by atomic mass is 9.98. The van der Waals surface area contributed by atoms with Crippen LogP contribution in [-0.4, -0.2) is 44.9 Å². The number of rotatable bonds is 4. The summed E-state index contributed by atoms with van der Waals surface area (Å²) in [5, 5.41) is 11.2. The van der Waals surface area contributed by atoms with Crippen molar-refractivity contribution < 1.29 is 9.18 Å². The molecule has 0 saturated carbocycles. The number of anilines is 1. The molecule has 0 spiro atoms. The van der Waals surface area contributed by atoms with Gasteiger partial charge in [-0.2, -0.15) is 0 Å². The first-order valence-corrected chi connectivity index (χ1v) is 6.17. The molecule has 1 aromatic heterocycles. The van der Waals surface area contributed by atoms with E-state index in [1.54, 1.807) is 0 Å². The second-order valence-corrected chi connectivity index (χ2v) is 4.58. The van der Waals surface area contributed by atoms with E-state index in [9.17, 15) is 9.18 Å². The van der Waals surface area contributed by atoms with Crippen molar-refractivity contribution in [3.8, 4) is 0 Å². The molecule has 0 bridgehead atoms. The van der Waals surface area contributed by atoms with Gasteiger partial charge in [0.05, 0.1) is 12.6 Å². The maximum Gasteiger partial charge on any atom is 0.253 e. The molecule has 21 heavy (non-hydrogen) atoms. The molecular weight excluding hydrogens is 299 g/mol. The summed E-state index contributed by atoms with van der Waals surface area (Å²) in [6.45, 7) is -0.313. The van der Waals surface area contributed by atoms with Crippen LogP contribution in [0.15, 0.2) is 30.3 Å². The van der Waals surface area contributed by atoms with Crippen LogP contribution < -0.4 is 10.6 Å². The molecule has 1 aliphatic heterocycles. The highest BCUT2D eigenvalue weighted by molar-refractivity contribution is 6.04. The lowest BCUT2D eigenvalue weighted by molar-refractivity contribution is -0.126. The summed E-state index contributed by atoms with van der Waals surface area (Å²) < 4.78 is 14.4. The summed E-state index contributed by atoms with van der Waals surface area (Å²) in [6.07, 6.45) is 0. The molecule has 112 valence electrons. The predicted molar refractivity (Wildman–Crippen MR) is 75.8 cm³/mol. The molecule has 2 N–H and O–H groups in total. The second kappa shape index (κ2) is 6.15. The van der Waals surface area contributed by atoms with E-state index in [0.717, 1.165) is 5.56 Å². The third kappa shape index (κ3) is 2.59. The number of aromatic nitrogens is 4. The number of alkyl halides is 1. The van der Waals surface area contributed by atoms with Crippen molar-refractivity contribution in [1.29, 1.82) is 0 Å². The van der Waals surface area contributed by atoms with Crippen molar-refractivity contribution in [2.75, 3.05) is 11.6 Å². The highest BCUT2D eigenvalue weighted by atomic mass is 35.5. The Kier molecular flexibility index (Phi) is 4.49. The number of nitrogens with two attached hydrogens (primary N) is 1. The van der Waals surface area contributed by atoms with E-state index in [-0.39, 0.29) is 24.3 Å². The number of tetrazole rings is 1. The van der Waals surface area contributed by atoms with Gasteiger partial charge >= 0.3 is 0 Å². The van der Waals surface area contributed by atoms with Gasteiger partial charge in [-0.25, -0.2) is 9.07 Å². The summed E-state index contributed by atoms with van der Waals surface area (Å²) in [6, 6.07) is 8.03. The normalized spacial score (nSPS) is 20.9. The van der Waals surface area contributed by atoms with Crippen molar-refractivity contribution in [3.63, 3.8) is 0 Å². The van der Waals surface area contributed by atoms with Crippen LogP contribution >= 0.6 is 12.4 Å². The second-order valence-electron chi connectivity index (χ2n) is 4.58. The third-order valence-electron chi connectivity index (χ3n) is 3.33. The highest BCUT2D eigenvalue weighted by Gasteiger charge is 2.48. The van der Waals surface area contributed by atoms with Crippen LogP contribution in [0.4, 0.5) is 10.3 Å². The molecule has 1 saturated heterocycles. The lowest BCUT2D eigenvalue weighted by Crippen LogP contribution is -2.70. The third-order valence-corrected chi connectivity index (χ3v) is 3.33. The number of β-lactam (4-membered cyclic amide) rings is 1. The number of amides is 1. The Hall–Kier alpha value is -2.06. The van der Waals surface area contributed by atoms with E-state index in [1.165, 1.54) is 9.58 Å². The average molecular weight is 313 g/mol. The lowest BCUT2D eigenvalue weighted by Gasteiger charge is -2.42. The van der Waals surface area contributed by atoms with Gasteiger partial charge < -0.3 is 5.73 Å². The fourth-order valence-corrected chi connectivity index (χ4v) is 2.21. The predicted octanol–water partition coefficient (Wildman–Crippen LogP) is 0.155. The fraction of sp³-hybridized carbons (Fsp3) is 0.333. The number of carbonyl (C=O) groups is 1. The Morgan fingerprint density at radius 2 is 2.00 bits per heavy atom. The van der Waals surface area contributed by atoms with Gasteiger partial charge in [0.1, 0.15) is 12.7 Å². The molecule has 0 radical (unpaired) electrons. The molecule has 0 aliphatic carbocycles. The van der Waals surface area contributed by atoms with Crippen LogP contribution in [0.3, 0.4) is 0 Å². The van der Waals surface area contributed by atoms with E-state index in [2.05, 4.69) is 15.5 Å². The summed E-state index contributed by atoms with van der Waals surface area (Å²) in [7, 11) is 0. The zero-order valence-corrected chi connectivity index (χ0v) is 11.8. The Morgan fingerprint density at radius 1 is 1.29 bits per heavy atom. The zero-order chi connectivity index (χ0) is 14.1. The molecule has 2 aromatic rings. The van der Waals surface area contributed by atoms with Crippen LogP contribution in [-0.2, 0) is 11.3 Å². The van der Waals surface area contributed by atoms with Gasteiger partial charge in [0.15, 0.2) is 0 Å². The number of carbonyl (C=O) groups excluding carboxylic acids is 1. The molecule has 1 aliphatic rings. The highest BCUT2D eigenvalue weighted by Crippen LogP contribution is 2.25. The number of benzene rings is 1. The first kappa shape index (κ1) is 15.3. The molecule has 1 amide bonds. The largest absolute Gasteiger partial charge is 0.318 e. The average Bonchev–Trinajstić information content (AvgIpc) is 2.92. The molecule has 3 rings (SSSR count). The van der Waals surface area contributed by atoms with E-state index in [0.29, 0.717) is 6.54 Å². The van der Waals surface area contributed by atoms with Gasteiger partial charge in [0, 0.05) is 0 Å². The molecule has 9 heteroatoms. The van der Waals surface area contributed by atoms with Crippen molar-refractivity contribution >= 4 is 24.3 Å².